The van der Waals surface area contributed by atoms with Gasteiger partial charge in [0, 0.05) is 17.3 Å². The summed E-state index contributed by atoms with van der Waals surface area (Å²) in [4.78, 5) is 12.0. The maximum Gasteiger partial charge on any atom is 0.319 e. The third-order valence-corrected chi connectivity index (χ3v) is 3.59. The number of aliphatic hydroxyl groups excluding tert-OH is 1. The number of hydrogen-bond acceptors (Lipinski definition) is 2. The molecule has 0 aromatic heterocycles. The molecule has 1 aromatic carbocycles. The molecular formula is C17H22N2O2. The molecule has 0 atom stereocenters. The zero-order valence-electron chi connectivity index (χ0n) is 12.4. The SMILES string of the molecule is Cc1cc(C#CCO)cc(NC(=O)NC2CCCCC2)c1. The molecule has 21 heavy (non-hydrogen) atoms. The molecule has 0 radical (unpaired) electrons. The van der Waals surface area contributed by atoms with E-state index in [9.17, 15) is 4.79 Å². The summed E-state index contributed by atoms with van der Waals surface area (Å²) >= 11 is 0. The van der Waals surface area contributed by atoms with E-state index in [-0.39, 0.29) is 18.7 Å². The van der Waals surface area contributed by atoms with Gasteiger partial charge in [-0.1, -0.05) is 31.1 Å². The summed E-state index contributed by atoms with van der Waals surface area (Å²) in [5.41, 5.74) is 2.54. The van der Waals surface area contributed by atoms with Crippen LogP contribution in [0.15, 0.2) is 18.2 Å². The molecule has 4 heteroatoms. The summed E-state index contributed by atoms with van der Waals surface area (Å²) in [5, 5.41) is 14.6. The highest BCUT2D eigenvalue weighted by atomic mass is 16.2. The van der Waals surface area contributed by atoms with Gasteiger partial charge in [-0.2, -0.15) is 0 Å². The van der Waals surface area contributed by atoms with Gasteiger partial charge in [-0.15, -0.1) is 0 Å². The Morgan fingerprint density at radius 3 is 2.76 bits per heavy atom. The van der Waals surface area contributed by atoms with Crippen molar-refractivity contribution in [1.82, 2.24) is 5.32 Å². The number of nitrogens with one attached hydrogen (secondary N) is 2. The van der Waals surface area contributed by atoms with Crippen LogP contribution in [-0.2, 0) is 0 Å². The minimum Gasteiger partial charge on any atom is -0.384 e. The normalized spacial score (nSPS) is 15.0. The molecule has 0 saturated heterocycles. The minimum atomic E-state index is -0.168. The van der Waals surface area contributed by atoms with Crippen molar-refractivity contribution in [1.29, 1.82) is 0 Å². The second-order valence-corrected chi connectivity index (χ2v) is 5.48. The van der Waals surface area contributed by atoms with Crippen LogP contribution in [0.2, 0.25) is 0 Å². The van der Waals surface area contributed by atoms with Gasteiger partial charge in [0.25, 0.3) is 0 Å². The number of amides is 2. The van der Waals surface area contributed by atoms with Crippen molar-refractivity contribution in [3.63, 3.8) is 0 Å². The van der Waals surface area contributed by atoms with Crippen LogP contribution in [0.5, 0.6) is 0 Å². The summed E-state index contributed by atoms with van der Waals surface area (Å²) < 4.78 is 0. The first kappa shape index (κ1) is 15.4. The van der Waals surface area contributed by atoms with Gasteiger partial charge in [0.15, 0.2) is 0 Å². The number of aliphatic hydroxyl groups is 1. The monoisotopic (exact) mass is 286 g/mol. The van der Waals surface area contributed by atoms with Crippen LogP contribution in [0.25, 0.3) is 0 Å². The van der Waals surface area contributed by atoms with Crippen LogP contribution in [-0.4, -0.2) is 23.8 Å². The molecule has 0 unspecified atom stereocenters. The predicted molar refractivity (Wildman–Crippen MR) is 84.2 cm³/mol. The third-order valence-electron chi connectivity index (χ3n) is 3.59. The summed E-state index contributed by atoms with van der Waals surface area (Å²) in [6.07, 6.45) is 5.78. The average molecular weight is 286 g/mol. The zero-order chi connectivity index (χ0) is 15.1. The Labute approximate surface area is 125 Å². The van der Waals surface area contributed by atoms with Crippen LogP contribution in [0.4, 0.5) is 10.5 Å². The highest BCUT2D eigenvalue weighted by Crippen LogP contribution is 2.18. The van der Waals surface area contributed by atoms with E-state index in [1.165, 1.54) is 19.3 Å². The van der Waals surface area contributed by atoms with Gasteiger partial charge >= 0.3 is 6.03 Å². The van der Waals surface area contributed by atoms with Crippen molar-refractivity contribution in [3.8, 4) is 11.8 Å². The Hall–Kier alpha value is -1.99. The molecule has 3 N–H and O–H groups in total. The lowest BCUT2D eigenvalue weighted by molar-refractivity contribution is 0.244. The number of hydrogen-bond donors (Lipinski definition) is 3. The first-order valence-corrected chi connectivity index (χ1v) is 7.46. The van der Waals surface area contributed by atoms with Crippen LogP contribution in [0.3, 0.4) is 0 Å². The molecule has 2 amide bonds. The Balaban J connectivity index is 1.97. The Bertz CT molecular complexity index is 552. The number of rotatable bonds is 2. The fourth-order valence-electron chi connectivity index (χ4n) is 2.67. The number of anilines is 1. The molecule has 1 saturated carbocycles. The van der Waals surface area contributed by atoms with Crippen LogP contribution in [0.1, 0.15) is 43.2 Å². The van der Waals surface area contributed by atoms with E-state index in [1.807, 2.05) is 25.1 Å². The van der Waals surface area contributed by atoms with Crippen LogP contribution in [0, 0.1) is 18.8 Å². The third kappa shape index (κ3) is 5.13. The van der Waals surface area contributed by atoms with Gasteiger partial charge in [-0.25, -0.2) is 4.79 Å². The van der Waals surface area contributed by atoms with Gasteiger partial charge in [0.1, 0.15) is 6.61 Å². The maximum absolute atomic E-state index is 12.0. The van der Waals surface area contributed by atoms with E-state index in [0.29, 0.717) is 0 Å². The fraction of sp³-hybridized carbons (Fsp3) is 0.471. The van der Waals surface area contributed by atoms with E-state index in [4.69, 9.17) is 5.11 Å². The largest absolute Gasteiger partial charge is 0.384 e. The number of carbonyl (C=O) groups is 1. The summed E-state index contributed by atoms with van der Waals surface area (Å²) in [6.45, 7) is 1.78. The maximum atomic E-state index is 12.0. The molecule has 0 bridgehead atoms. The van der Waals surface area contributed by atoms with E-state index in [0.717, 1.165) is 29.7 Å². The van der Waals surface area contributed by atoms with Gasteiger partial charge in [-0.3, -0.25) is 0 Å². The molecule has 2 rings (SSSR count). The molecule has 1 aliphatic rings. The van der Waals surface area contributed by atoms with E-state index >= 15 is 0 Å². The number of urea groups is 1. The quantitative estimate of drug-likeness (QED) is 0.732. The van der Waals surface area contributed by atoms with E-state index in [1.54, 1.807) is 0 Å². The summed E-state index contributed by atoms with van der Waals surface area (Å²) in [5.74, 6) is 5.47. The predicted octanol–water partition coefficient (Wildman–Crippen LogP) is 2.79. The average Bonchev–Trinajstić information content (AvgIpc) is 2.45. The van der Waals surface area contributed by atoms with Crippen molar-refractivity contribution in [2.75, 3.05) is 11.9 Å². The van der Waals surface area contributed by atoms with Crippen molar-refractivity contribution in [3.05, 3.63) is 29.3 Å². The first-order chi connectivity index (χ1) is 10.2. The molecule has 1 aliphatic carbocycles. The lowest BCUT2D eigenvalue weighted by Gasteiger charge is -2.22. The number of aryl methyl sites for hydroxylation is 1. The summed E-state index contributed by atoms with van der Waals surface area (Å²) in [6, 6.07) is 5.78. The highest BCUT2D eigenvalue weighted by Gasteiger charge is 2.15. The Morgan fingerprint density at radius 2 is 2.05 bits per heavy atom. The van der Waals surface area contributed by atoms with Crippen molar-refractivity contribution in [2.45, 2.75) is 45.1 Å². The molecule has 1 fully saturated rings. The molecule has 4 nitrogen and oxygen atoms in total. The fourth-order valence-corrected chi connectivity index (χ4v) is 2.67. The van der Waals surface area contributed by atoms with Crippen molar-refractivity contribution >= 4 is 11.7 Å². The number of benzene rings is 1. The van der Waals surface area contributed by atoms with Gasteiger partial charge in [0.2, 0.25) is 0 Å². The topological polar surface area (TPSA) is 61.4 Å². The van der Waals surface area contributed by atoms with E-state index < -0.39 is 0 Å². The van der Waals surface area contributed by atoms with Crippen molar-refractivity contribution in [2.24, 2.45) is 0 Å². The molecule has 1 aromatic rings. The van der Waals surface area contributed by atoms with E-state index in [2.05, 4.69) is 22.5 Å². The van der Waals surface area contributed by atoms with Gasteiger partial charge in [-0.05, 0) is 43.5 Å². The van der Waals surface area contributed by atoms with Crippen LogP contribution < -0.4 is 10.6 Å². The Kier molecular flexibility index (Phi) is 5.65. The smallest absolute Gasteiger partial charge is 0.319 e. The second kappa shape index (κ2) is 7.70. The summed E-state index contributed by atoms with van der Waals surface area (Å²) in [7, 11) is 0. The molecule has 0 spiro atoms. The standard InChI is InChI=1S/C17H22N2O2/c1-13-10-14(6-5-9-20)12-16(11-13)19-17(21)18-15-7-3-2-4-8-15/h10-12,15,20H,2-4,7-9H2,1H3,(H2,18,19,21). The molecular weight excluding hydrogens is 264 g/mol. The second-order valence-electron chi connectivity index (χ2n) is 5.48. The number of carbonyl (C=O) groups excluding carboxylic acids is 1. The molecule has 112 valence electrons. The first-order valence-electron chi connectivity index (χ1n) is 7.46. The molecule has 0 aliphatic heterocycles. The Morgan fingerprint density at radius 1 is 1.29 bits per heavy atom. The van der Waals surface area contributed by atoms with Gasteiger partial charge < -0.3 is 15.7 Å². The van der Waals surface area contributed by atoms with Gasteiger partial charge in [0.05, 0.1) is 0 Å². The highest BCUT2D eigenvalue weighted by molar-refractivity contribution is 5.89. The molecule has 0 heterocycles. The van der Waals surface area contributed by atoms with Crippen LogP contribution >= 0.6 is 0 Å². The van der Waals surface area contributed by atoms with Crippen molar-refractivity contribution < 1.29 is 9.90 Å². The minimum absolute atomic E-state index is 0.159. The lowest BCUT2D eigenvalue weighted by atomic mass is 9.96. The lowest BCUT2D eigenvalue weighted by Crippen LogP contribution is -2.39. The zero-order valence-corrected chi connectivity index (χ0v) is 12.4.